The van der Waals surface area contributed by atoms with Gasteiger partial charge in [0.1, 0.15) is 0 Å². The molecule has 1 atom stereocenters. The minimum atomic E-state index is -2.22. The van der Waals surface area contributed by atoms with Gasteiger partial charge < -0.3 is 10.4 Å². The van der Waals surface area contributed by atoms with E-state index in [4.69, 9.17) is 0 Å². The summed E-state index contributed by atoms with van der Waals surface area (Å²) in [5, 5.41) is 23.8. The Kier molecular flexibility index (Phi) is 4.30. The average Bonchev–Trinajstić information content (AvgIpc) is 2.48. The van der Waals surface area contributed by atoms with Crippen LogP contribution in [-0.2, 0) is 10.4 Å². The van der Waals surface area contributed by atoms with Gasteiger partial charge in [-0.25, -0.2) is 0 Å². The number of hydrogen-bond donors (Lipinski definition) is 2. The summed E-state index contributed by atoms with van der Waals surface area (Å²) in [5.74, 6) is -0.836. The number of anilines is 1. The first-order valence-electron chi connectivity index (χ1n) is 6.28. The summed E-state index contributed by atoms with van der Waals surface area (Å²) in [6.07, 6.45) is 0. The van der Waals surface area contributed by atoms with E-state index < -0.39 is 23.0 Å². The lowest BCUT2D eigenvalue weighted by atomic mass is 9.92. The molecule has 0 bridgehead atoms. The second-order valence-corrected chi connectivity index (χ2v) is 4.54. The van der Waals surface area contributed by atoms with Crippen molar-refractivity contribution in [1.82, 2.24) is 0 Å². The van der Waals surface area contributed by atoms with Crippen LogP contribution in [0.25, 0.3) is 0 Å². The van der Waals surface area contributed by atoms with Crippen LogP contribution in [0.5, 0.6) is 0 Å². The molecule has 0 spiro atoms. The lowest BCUT2D eigenvalue weighted by Crippen LogP contribution is -2.45. The predicted octanol–water partition coefficient (Wildman–Crippen LogP) is 1.79. The summed E-state index contributed by atoms with van der Waals surface area (Å²) in [4.78, 5) is 22.4. The standard InChI is InChI=1S/C15H14N2O4/c18-14(16-13-9-5-2-6-10-13)15(19,11-17(20)21)12-7-3-1-4-8-12/h1-10,19H,11H2,(H,16,18). The number of rotatable bonds is 5. The molecule has 6 nitrogen and oxygen atoms in total. The Morgan fingerprint density at radius 2 is 1.62 bits per heavy atom. The SMILES string of the molecule is O=C(Nc1ccccc1)C(O)(C[N+](=O)[O-])c1ccccc1. The maximum atomic E-state index is 12.3. The summed E-state index contributed by atoms with van der Waals surface area (Å²) in [6, 6.07) is 16.3. The lowest BCUT2D eigenvalue weighted by Gasteiger charge is -2.23. The van der Waals surface area contributed by atoms with Crippen LogP contribution in [0.2, 0.25) is 0 Å². The summed E-state index contributed by atoms with van der Waals surface area (Å²) >= 11 is 0. The molecule has 1 amide bonds. The molecular weight excluding hydrogens is 272 g/mol. The molecule has 0 aliphatic carbocycles. The quantitative estimate of drug-likeness (QED) is 0.647. The van der Waals surface area contributed by atoms with Gasteiger partial charge in [-0.1, -0.05) is 48.5 Å². The average molecular weight is 286 g/mol. The summed E-state index contributed by atoms with van der Waals surface area (Å²) < 4.78 is 0. The Morgan fingerprint density at radius 3 is 2.14 bits per heavy atom. The van der Waals surface area contributed by atoms with E-state index in [1.165, 1.54) is 12.1 Å². The van der Waals surface area contributed by atoms with Crippen LogP contribution in [0.1, 0.15) is 5.56 Å². The number of carbonyl (C=O) groups excluding carboxylic acids is 1. The zero-order valence-electron chi connectivity index (χ0n) is 11.1. The molecule has 2 aromatic carbocycles. The third-order valence-corrected chi connectivity index (χ3v) is 3.02. The van der Waals surface area contributed by atoms with E-state index in [-0.39, 0.29) is 5.56 Å². The van der Waals surface area contributed by atoms with Gasteiger partial charge in [0.15, 0.2) is 0 Å². The van der Waals surface area contributed by atoms with Gasteiger partial charge in [0, 0.05) is 10.6 Å². The molecule has 0 aliphatic rings. The molecule has 2 rings (SSSR count). The molecule has 0 saturated carbocycles. The number of nitro groups is 1. The summed E-state index contributed by atoms with van der Waals surface area (Å²) in [7, 11) is 0. The van der Waals surface area contributed by atoms with Gasteiger partial charge in [-0.2, -0.15) is 0 Å². The maximum absolute atomic E-state index is 12.3. The van der Waals surface area contributed by atoms with Crippen molar-refractivity contribution in [2.75, 3.05) is 11.9 Å². The Labute approximate surface area is 121 Å². The Morgan fingerprint density at radius 1 is 1.10 bits per heavy atom. The third-order valence-electron chi connectivity index (χ3n) is 3.02. The van der Waals surface area contributed by atoms with Crippen molar-refractivity contribution >= 4 is 11.6 Å². The molecule has 2 N–H and O–H groups in total. The van der Waals surface area contributed by atoms with Crippen LogP contribution in [0.15, 0.2) is 60.7 Å². The number of nitrogens with zero attached hydrogens (tertiary/aromatic N) is 1. The Balaban J connectivity index is 2.32. The van der Waals surface area contributed by atoms with Gasteiger partial charge in [0.25, 0.3) is 5.91 Å². The van der Waals surface area contributed by atoms with E-state index in [9.17, 15) is 20.0 Å². The van der Waals surface area contributed by atoms with E-state index in [0.717, 1.165) is 0 Å². The van der Waals surface area contributed by atoms with Crippen LogP contribution in [0.4, 0.5) is 5.69 Å². The van der Waals surface area contributed by atoms with Crippen molar-refractivity contribution in [3.8, 4) is 0 Å². The molecule has 0 fully saturated rings. The van der Waals surface area contributed by atoms with Crippen LogP contribution in [0.3, 0.4) is 0 Å². The van der Waals surface area contributed by atoms with Crippen molar-refractivity contribution in [1.29, 1.82) is 0 Å². The molecule has 21 heavy (non-hydrogen) atoms. The van der Waals surface area contributed by atoms with E-state index >= 15 is 0 Å². The lowest BCUT2D eigenvalue weighted by molar-refractivity contribution is -0.498. The van der Waals surface area contributed by atoms with Crippen molar-refractivity contribution in [2.24, 2.45) is 0 Å². The molecule has 0 saturated heterocycles. The van der Waals surface area contributed by atoms with Gasteiger partial charge in [-0.05, 0) is 17.7 Å². The van der Waals surface area contributed by atoms with Crippen molar-refractivity contribution in [3.05, 3.63) is 76.3 Å². The predicted molar refractivity (Wildman–Crippen MR) is 77.3 cm³/mol. The van der Waals surface area contributed by atoms with Gasteiger partial charge >= 0.3 is 0 Å². The minimum absolute atomic E-state index is 0.176. The number of benzene rings is 2. The fourth-order valence-corrected chi connectivity index (χ4v) is 1.95. The molecular formula is C15H14N2O4. The number of hydrogen-bond acceptors (Lipinski definition) is 4. The van der Waals surface area contributed by atoms with Crippen molar-refractivity contribution in [3.63, 3.8) is 0 Å². The molecule has 0 radical (unpaired) electrons. The maximum Gasteiger partial charge on any atom is 0.268 e. The van der Waals surface area contributed by atoms with E-state index in [0.29, 0.717) is 5.69 Å². The van der Waals surface area contributed by atoms with Crippen LogP contribution in [0, 0.1) is 10.1 Å². The fourth-order valence-electron chi connectivity index (χ4n) is 1.95. The number of nitrogens with one attached hydrogen (secondary N) is 1. The highest BCUT2D eigenvalue weighted by Gasteiger charge is 2.43. The van der Waals surface area contributed by atoms with Crippen LogP contribution >= 0.6 is 0 Å². The highest BCUT2D eigenvalue weighted by atomic mass is 16.6. The normalized spacial score (nSPS) is 13.2. The van der Waals surface area contributed by atoms with E-state index in [2.05, 4.69) is 5.32 Å². The number of aliphatic hydroxyl groups is 1. The number of para-hydroxylation sites is 1. The first kappa shape index (κ1) is 14.7. The van der Waals surface area contributed by atoms with Crippen LogP contribution < -0.4 is 5.32 Å². The topological polar surface area (TPSA) is 92.5 Å². The monoisotopic (exact) mass is 286 g/mol. The summed E-state index contributed by atoms with van der Waals surface area (Å²) in [6.45, 7) is -0.907. The molecule has 2 aromatic rings. The third kappa shape index (κ3) is 3.43. The molecule has 1 unspecified atom stereocenters. The van der Waals surface area contributed by atoms with Gasteiger partial charge in [0.2, 0.25) is 12.1 Å². The highest BCUT2D eigenvalue weighted by Crippen LogP contribution is 2.23. The first-order chi connectivity index (χ1) is 10.0. The highest BCUT2D eigenvalue weighted by molar-refractivity contribution is 5.97. The largest absolute Gasteiger partial charge is 0.370 e. The molecule has 0 aliphatic heterocycles. The molecule has 0 heterocycles. The van der Waals surface area contributed by atoms with E-state index in [1.807, 2.05) is 0 Å². The Bertz CT molecular complexity index is 631. The second-order valence-electron chi connectivity index (χ2n) is 4.54. The zero-order chi connectivity index (χ0) is 15.3. The number of amides is 1. The zero-order valence-corrected chi connectivity index (χ0v) is 11.1. The second kappa shape index (κ2) is 6.15. The molecule has 0 aromatic heterocycles. The van der Waals surface area contributed by atoms with Crippen LogP contribution in [-0.4, -0.2) is 22.5 Å². The summed E-state index contributed by atoms with van der Waals surface area (Å²) in [5.41, 5.74) is -1.59. The van der Waals surface area contributed by atoms with Crippen molar-refractivity contribution < 1.29 is 14.8 Å². The smallest absolute Gasteiger partial charge is 0.268 e. The first-order valence-corrected chi connectivity index (χ1v) is 6.28. The molecule has 108 valence electrons. The van der Waals surface area contributed by atoms with Gasteiger partial charge in [0.05, 0.1) is 0 Å². The molecule has 6 heteroatoms. The van der Waals surface area contributed by atoms with Gasteiger partial charge in [-0.3, -0.25) is 14.9 Å². The van der Waals surface area contributed by atoms with E-state index in [1.54, 1.807) is 48.5 Å². The minimum Gasteiger partial charge on any atom is -0.370 e. The fraction of sp³-hybridized carbons (Fsp3) is 0.133. The van der Waals surface area contributed by atoms with Gasteiger partial charge in [-0.15, -0.1) is 0 Å². The number of carbonyl (C=O) groups is 1. The Hall–Kier alpha value is -2.73. The van der Waals surface area contributed by atoms with Crippen molar-refractivity contribution in [2.45, 2.75) is 5.60 Å².